The highest BCUT2D eigenvalue weighted by Gasteiger charge is 2.31. The van der Waals surface area contributed by atoms with Gasteiger partial charge < -0.3 is 21.3 Å². The first kappa shape index (κ1) is 34.8. The van der Waals surface area contributed by atoms with Gasteiger partial charge in [0.2, 0.25) is 23.5 Å². The predicted molar refractivity (Wildman–Crippen MR) is 163 cm³/mol. The first-order chi connectivity index (χ1) is 19.5. The number of rotatable bonds is 17. The zero-order valence-corrected chi connectivity index (χ0v) is 26.2. The molecule has 0 bridgehead atoms. The van der Waals surface area contributed by atoms with Gasteiger partial charge in [0.15, 0.2) is 0 Å². The van der Waals surface area contributed by atoms with Crippen molar-refractivity contribution in [3.05, 3.63) is 34.9 Å². The maximum absolute atomic E-state index is 13.2. The number of amides is 4. The van der Waals surface area contributed by atoms with Crippen molar-refractivity contribution >= 4 is 61.6 Å². The Morgan fingerprint density at radius 3 is 2.32 bits per heavy atom. The summed E-state index contributed by atoms with van der Waals surface area (Å²) in [6.07, 6.45) is 3.72. The van der Waals surface area contributed by atoms with Crippen LogP contribution in [0.5, 0.6) is 0 Å². The van der Waals surface area contributed by atoms with Crippen molar-refractivity contribution in [2.75, 3.05) is 18.8 Å². The van der Waals surface area contributed by atoms with Crippen LogP contribution in [0.2, 0.25) is 5.02 Å². The second-order valence-corrected chi connectivity index (χ2v) is 14.2. The molecule has 1 fully saturated rings. The number of unbranched alkanes of at least 4 members (excludes halogenated alkanes) is 1. The summed E-state index contributed by atoms with van der Waals surface area (Å²) in [4.78, 5) is 63.0. The third kappa shape index (κ3) is 12.5. The molecule has 4 N–H and O–H groups in total. The lowest BCUT2D eigenvalue weighted by Crippen LogP contribution is -2.56. The Morgan fingerprint density at radius 2 is 1.71 bits per heavy atom. The molecule has 41 heavy (non-hydrogen) atoms. The highest BCUT2D eigenvalue weighted by atomic mass is 35.5. The summed E-state index contributed by atoms with van der Waals surface area (Å²) in [7, 11) is 0.681. The van der Waals surface area contributed by atoms with Crippen LogP contribution >= 0.6 is 22.4 Å². The monoisotopic (exact) mass is 628 g/mol. The second-order valence-electron chi connectivity index (χ2n) is 10.2. The number of carbonyl (C=O) groups is 5. The second kappa shape index (κ2) is 18.2. The van der Waals surface area contributed by atoms with E-state index in [9.17, 15) is 28.2 Å². The number of nitrogens with one attached hydrogen (secondary N) is 4. The Morgan fingerprint density at radius 1 is 1.00 bits per heavy atom. The average Bonchev–Trinajstić information content (AvgIpc) is 3.34. The molecule has 0 spiro atoms. The zero-order valence-electron chi connectivity index (χ0n) is 23.8. The van der Waals surface area contributed by atoms with E-state index in [0.717, 1.165) is 25.0 Å². The van der Waals surface area contributed by atoms with Crippen LogP contribution in [-0.4, -0.2) is 69.8 Å². The van der Waals surface area contributed by atoms with Crippen LogP contribution in [0.25, 0.3) is 0 Å². The lowest BCUT2D eigenvalue weighted by molar-refractivity contribution is -0.140. The molecular weight excluding hydrogens is 588 g/mol. The number of ketones is 1. The van der Waals surface area contributed by atoms with Gasteiger partial charge >= 0.3 is 0 Å². The van der Waals surface area contributed by atoms with Gasteiger partial charge in [0.1, 0.15) is 12.1 Å². The molecular formula is C28H41ClN4O6S2. The Hall–Kier alpha value is -2.44. The molecule has 1 saturated heterocycles. The van der Waals surface area contributed by atoms with Crippen molar-refractivity contribution in [1.82, 2.24) is 21.3 Å². The molecule has 0 aromatic heterocycles. The van der Waals surface area contributed by atoms with Gasteiger partial charge in [-0.1, -0.05) is 54.8 Å². The number of carbonyl (C=O) groups excluding carboxylic acids is 5. The Balaban J connectivity index is 1.85. The van der Waals surface area contributed by atoms with Crippen molar-refractivity contribution in [2.24, 2.45) is 5.92 Å². The minimum absolute atomic E-state index is 0.0213. The van der Waals surface area contributed by atoms with E-state index in [1.165, 1.54) is 10.8 Å². The Bertz CT molecular complexity index is 1090. The molecule has 2 rings (SSSR count). The van der Waals surface area contributed by atoms with Crippen molar-refractivity contribution in [3.63, 3.8) is 0 Å². The highest BCUT2D eigenvalue weighted by molar-refractivity contribution is 8.69. The summed E-state index contributed by atoms with van der Waals surface area (Å²) in [5.41, 5.74) is 0.700. The molecule has 1 aromatic rings. The molecule has 13 heteroatoms. The number of Topliss-reactive ketones (excluding diaryl/α,β-unsaturated/α-hetero) is 1. The van der Waals surface area contributed by atoms with Crippen LogP contribution in [0.1, 0.15) is 64.9 Å². The van der Waals surface area contributed by atoms with Gasteiger partial charge in [0.25, 0.3) is 5.91 Å². The van der Waals surface area contributed by atoms with Gasteiger partial charge in [-0.3, -0.25) is 24.0 Å². The van der Waals surface area contributed by atoms with Gasteiger partial charge in [0, 0.05) is 48.4 Å². The third-order valence-electron chi connectivity index (χ3n) is 6.58. The normalized spacial score (nSPS) is 17.9. The van der Waals surface area contributed by atoms with Crippen LogP contribution in [0, 0.1) is 5.92 Å². The zero-order chi connectivity index (χ0) is 30.4. The fraction of sp³-hybridized carbons (Fsp3) is 0.607. The smallest absolute Gasteiger partial charge is 0.289 e. The predicted octanol–water partition coefficient (Wildman–Crippen LogP) is 2.45. The Labute approximate surface area is 253 Å². The quantitative estimate of drug-likeness (QED) is 0.118. The van der Waals surface area contributed by atoms with Crippen molar-refractivity contribution in [2.45, 2.75) is 83.1 Å². The van der Waals surface area contributed by atoms with Gasteiger partial charge in [-0.25, -0.2) is 4.21 Å². The fourth-order valence-corrected chi connectivity index (χ4v) is 7.89. The maximum Gasteiger partial charge on any atom is 0.289 e. The summed E-state index contributed by atoms with van der Waals surface area (Å²) in [6.45, 7) is 5.58. The summed E-state index contributed by atoms with van der Waals surface area (Å²) < 4.78 is 11.8. The molecule has 4 amide bonds. The molecule has 1 heterocycles. The third-order valence-corrected chi connectivity index (χ3v) is 10.5. The molecule has 0 radical (unpaired) electrons. The van der Waals surface area contributed by atoms with Crippen LogP contribution in [0.4, 0.5) is 0 Å². The summed E-state index contributed by atoms with van der Waals surface area (Å²) >= 11 is 5.95. The minimum Gasteiger partial charge on any atom is -0.356 e. The highest BCUT2D eigenvalue weighted by Crippen LogP contribution is 2.29. The lowest BCUT2D eigenvalue weighted by atomic mass is 9.99. The first-order valence-corrected chi connectivity index (χ1v) is 17.1. The van der Waals surface area contributed by atoms with Gasteiger partial charge in [-0.15, -0.1) is 0 Å². The van der Waals surface area contributed by atoms with E-state index >= 15 is 0 Å². The van der Waals surface area contributed by atoms with Crippen molar-refractivity contribution in [1.29, 1.82) is 0 Å². The molecule has 1 aromatic carbocycles. The first-order valence-electron chi connectivity index (χ1n) is 14.0. The number of likely N-dealkylation sites (N-methyl/N-ethyl adjacent to an activating group) is 1. The van der Waals surface area contributed by atoms with Gasteiger partial charge in [0.05, 0.1) is 9.83 Å². The molecule has 1 aliphatic heterocycles. The van der Waals surface area contributed by atoms with E-state index < -0.39 is 45.4 Å². The Kier molecular flexibility index (Phi) is 15.4. The lowest BCUT2D eigenvalue weighted by Gasteiger charge is -2.25. The van der Waals surface area contributed by atoms with E-state index in [2.05, 4.69) is 21.3 Å². The summed E-state index contributed by atoms with van der Waals surface area (Å²) in [6, 6.07) is 4.63. The summed E-state index contributed by atoms with van der Waals surface area (Å²) in [5, 5.41) is 11.2. The molecule has 0 aliphatic carbocycles. The van der Waals surface area contributed by atoms with E-state index in [1.807, 2.05) is 0 Å². The summed E-state index contributed by atoms with van der Waals surface area (Å²) in [5.74, 6) is -2.15. The number of benzene rings is 1. The van der Waals surface area contributed by atoms with Crippen LogP contribution in [-0.2, 0) is 40.2 Å². The van der Waals surface area contributed by atoms with E-state index in [1.54, 1.807) is 45.0 Å². The van der Waals surface area contributed by atoms with Gasteiger partial charge in [-0.2, -0.15) is 0 Å². The van der Waals surface area contributed by atoms with Gasteiger partial charge in [-0.05, 0) is 49.8 Å². The van der Waals surface area contributed by atoms with Crippen molar-refractivity contribution in [3.8, 4) is 0 Å². The molecule has 4 atom stereocenters. The maximum atomic E-state index is 13.2. The largest absolute Gasteiger partial charge is 0.356 e. The molecule has 0 saturated carbocycles. The molecule has 228 valence electrons. The molecule has 10 nitrogen and oxygen atoms in total. The van der Waals surface area contributed by atoms with Crippen LogP contribution in [0.15, 0.2) is 24.3 Å². The van der Waals surface area contributed by atoms with Crippen LogP contribution in [0.3, 0.4) is 0 Å². The topological polar surface area (TPSA) is 151 Å². The SMILES string of the molecule is CCNC(=O)C(=O)[C@H](Cc1ccc(Cl)cc1)NC(=O)[C@@H](NC(=O)CCNC(=O)CCCCC1CCSS1=O)C(C)C. The van der Waals surface area contributed by atoms with E-state index in [0.29, 0.717) is 23.4 Å². The average molecular weight is 629 g/mol. The number of halogens is 1. The van der Waals surface area contributed by atoms with Crippen LogP contribution < -0.4 is 21.3 Å². The van der Waals surface area contributed by atoms with E-state index in [-0.39, 0.29) is 43.0 Å². The number of hydrogen-bond donors (Lipinski definition) is 4. The molecule has 1 aliphatic rings. The van der Waals surface area contributed by atoms with Crippen molar-refractivity contribution < 1.29 is 28.2 Å². The standard InChI is InChI=1S/C28H41ClN4O6S2/c1-4-30-28(38)26(36)22(17-19-9-11-20(29)12-10-19)32-27(37)25(18(2)3)33-24(35)13-15-31-23(34)8-6-5-7-21-14-16-40-41(21)39/h9-12,18,21-22,25H,4-8,13-17H2,1-3H3,(H,30,38)(H,31,34)(H,32,37)(H,33,35)/t21?,22-,25-,41?/m0/s1. The fourth-order valence-electron chi connectivity index (χ4n) is 4.27. The number of hydrogen-bond acceptors (Lipinski definition) is 7. The minimum atomic E-state index is -1.14. The van der Waals surface area contributed by atoms with E-state index in [4.69, 9.17) is 11.6 Å². The molecule has 2 unspecified atom stereocenters.